The molecule has 0 aliphatic rings. The van der Waals surface area contributed by atoms with Gasteiger partial charge >= 0.3 is 0 Å². The van der Waals surface area contributed by atoms with Gasteiger partial charge in [-0.25, -0.2) is 0 Å². The zero-order chi connectivity index (χ0) is 21.9. The third-order valence-corrected chi connectivity index (χ3v) is 4.33. The number of aromatic nitrogens is 2. The second-order valence-corrected chi connectivity index (χ2v) is 6.93. The molecule has 0 fully saturated rings. The summed E-state index contributed by atoms with van der Waals surface area (Å²) in [7, 11) is 0. The lowest BCUT2D eigenvalue weighted by molar-refractivity contribution is -0.123. The van der Waals surface area contributed by atoms with Gasteiger partial charge in [0.1, 0.15) is 18.1 Å². The number of benzene rings is 2. The van der Waals surface area contributed by atoms with Gasteiger partial charge in [0.25, 0.3) is 5.91 Å². The smallest absolute Gasteiger partial charge is 0.258 e. The molecule has 0 radical (unpaired) electrons. The molecule has 31 heavy (non-hydrogen) atoms. The Bertz CT molecular complexity index is 942. The molecule has 7 nitrogen and oxygen atoms in total. The summed E-state index contributed by atoms with van der Waals surface area (Å²) in [5.41, 5.74) is 2.97. The van der Waals surface area contributed by atoms with Crippen LogP contribution in [0.5, 0.6) is 17.4 Å². The molecule has 0 spiro atoms. The summed E-state index contributed by atoms with van der Waals surface area (Å²) in [6.07, 6.45) is 0.952. The Morgan fingerprint density at radius 2 is 1.55 bits per heavy atom. The van der Waals surface area contributed by atoms with Crippen molar-refractivity contribution >= 4 is 5.91 Å². The molecule has 162 valence electrons. The highest BCUT2D eigenvalue weighted by Gasteiger charge is 2.05. The molecular weight excluding hydrogens is 394 g/mol. The molecule has 0 saturated heterocycles. The van der Waals surface area contributed by atoms with E-state index in [2.05, 4.69) is 22.4 Å². The molecule has 0 bridgehead atoms. The summed E-state index contributed by atoms with van der Waals surface area (Å²) in [4.78, 5) is 11.9. The second kappa shape index (κ2) is 11.5. The van der Waals surface area contributed by atoms with Gasteiger partial charge in [0.15, 0.2) is 6.61 Å². The number of ether oxygens (including phenoxy) is 3. The fraction of sp³-hybridized carbons (Fsp3) is 0.292. The molecule has 1 amide bonds. The average Bonchev–Trinajstić information content (AvgIpc) is 2.81. The van der Waals surface area contributed by atoms with Crippen molar-refractivity contribution in [3.05, 3.63) is 66.2 Å². The molecule has 0 aliphatic heterocycles. The number of aryl methyl sites for hydroxylation is 1. The fourth-order valence-electron chi connectivity index (χ4n) is 2.67. The molecular formula is C24H27N3O4. The van der Waals surface area contributed by atoms with Crippen LogP contribution >= 0.6 is 0 Å². The maximum Gasteiger partial charge on any atom is 0.258 e. The summed E-state index contributed by atoms with van der Waals surface area (Å²) in [5.74, 6) is 1.58. The van der Waals surface area contributed by atoms with Crippen molar-refractivity contribution in [2.45, 2.75) is 20.3 Å². The predicted molar refractivity (Wildman–Crippen MR) is 118 cm³/mol. The first-order valence-corrected chi connectivity index (χ1v) is 10.3. The molecule has 1 aromatic heterocycles. The number of hydrogen-bond acceptors (Lipinski definition) is 6. The van der Waals surface area contributed by atoms with Gasteiger partial charge in [0, 0.05) is 11.6 Å². The minimum Gasteiger partial charge on any atom is -0.494 e. The molecule has 7 heteroatoms. The van der Waals surface area contributed by atoms with Gasteiger partial charge in [0.05, 0.1) is 18.8 Å². The zero-order valence-corrected chi connectivity index (χ0v) is 17.8. The lowest BCUT2D eigenvalue weighted by Crippen LogP contribution is -2.32. The van der Waals surface area contributed by atoms with E-state index < -0.39 is 0 Å². The predicted octanol–water partition coefficient (Wildman–Crippen LogP) is 3.81. The van der Waals surface area contributed by atoms with Crippen molar-refractivity contribution in [1.29, 1.82) is 0 Å². The Balaban J connectivity index is 1.33. The fourth-order valence-corrected chi connectivity index (χ4v) is 2.67. The topological polar surface area (TPSA) is 82.6 Å². The van der Waals surface area contributed by atoms with Crippen molar-refractivity contribution in [1.82, 2.24) is 15.5 Å². The van der Waals surface area contributed by atoms with Crippen molar-refractivity contribution in [2.24, 2.45) is 0 Å². The summed E-state index contributed by atoms with van der Waals surface area (Å²) in [6.45, 7) is 5.32. The SMILES string of the molecule is CCCOc1ccc(OCC(=O)NCCOc2ccc(-c3ccc(C)cc3)nn2)cc1. The van der Waals surface area contributed by atoms with Crippen LogP contribution in [0.25, 0.3) is 11.3 Å². The van der Waals surface area contributed by atoms with Crippen molar-refractivity contribution in [3.8, 4) is 28.6 Å². The average molecular weight is 421 g/mol. The van der Waals surface area contributed by atoms with Gasteiger partial charge in [-0.05, 0) is 43.7 Å². The number of nitrogens with one attached hydrogen (secondary N) is 1. The van der Waals surface area contributed by atoms with Crippen molar-refractivity contribution < 1.29 is 19.0 Å². The summed E-state index contributed by atoms with van der Waals surface area (Å²) in [6, 6.07) is 18.9. The highest BCUT2D eigenvalue weighted by Crippen LogP contribution is 2.19. The molecule has 2 aromatic carbocycles. The standard InChI is InChI=1S/C24H27N3O4/c1-3-15-29-20-8-10-21(11-9-20)31-17-23(28)25-14-16-30-24-13-12-22(26-27-24)19-6-4-18(2)5-7-19/h4-13H,3,14-17H2,1-2H3,(H,25,28). The van der Waals surface area contributed by atoms with Crippen molar-refractivity contribution in [2.75, 3.05) is 26.4 Å². The minimum absolute atomic E-state index is 0.0692. The molecule has 3 rings (SSSR count). The summed E-state index contributed by atoms with van der Waals surface area (Å²) < 4.78 is 16.5. The Morgan fingerprint density at radius 1 is 0.839 bits per heavy atom. The number of amides is 1. The Morgan fingerprint density at radius 3 is 2.19 bits per heavy atom. The molecule has 3 aromatic rings. The Kier molecular flexibility index (Phi) is 8.22. The van der Waals surface area contributed by atoms with E-state index in [4.69, 9.17) is 14.2 Å². The van der Waals surface area contributed by atoms with Crippen LogP contribution in [0.2, 0.25) is 0 Å². The first-order chi connectivity index (χ1) is 15.1. The maximum atomic E-state index is 11.9. The molecule has 1 heterocycles. The minimum atomic E-state index is -0.226. The van der Waals surface area contributed by atoms with Crippen molar-refractivity contribution in [3.63, 3.8) is 0 Å². The summed E-state index contributed by atoms with van der Waals surface area (Å²) in [5, 5.41) is 11.0. The normalized spacial score (nSPS) is 10.4. The van der Waals surface area contributed by atoms with Crippen LogP contribution in [0.15, 0.2) is 60.7 Å². The first-order valence-electron chi connectivity index (χ1n) is 10.3. The summed E-state index contributed by atoms with van der Waals surface area (Å²) >= 11 is 0. The van der Waals surface area contributed by atoms with Crippen LogP contribution in [0.3, 0.4) is 0 Å². The Labute approximate surface area is 182 Å². The van der Waals surface area contributed by atoms with Gasteiger partial charge < -0.3 is 19.5 Å². The first kappa shape index (κ1) is 22.1. The molecule has 1 N–H and O–H groups in total. The number of hydrogen-bond donors (Lipinski definition) is 1. The van der Waals surface area contributed by atoms with E-state index in [1.165, 1.54) is 5.56 Å². The van der Waals surface area contributed by atoms with E-state index in [1.807, 2.05) is 49.4 Å². The molecule has 0 unspecified atom stereocenters. The highest BCUT2D eigenvalue weighted by molar-refractivity contribution is 5.77. The van der Waals surface area contributed by atoms with Gasteiger partial charge in [-0.15, -0.1) is 10.2 Å². The van der Waals surface area contributed by atoms with Gasteiger partial charge in [-0.3, -0.25) is 4.79 Å². The zero-order valence-electron chi connectivity index (χ0n) is 17.8. The third-order valence-electron chi connectivity index (χ3n) is 4.33. The number of carbonyl (C=O) groups excluding carboxylic acids is 1. The van der Waals surface area contributed by atoms with E-state index in [1.54, 1.807) is 18.2 Å². The largest absolute Gasteiger partial charge is 0.494 e. The number of rotatable bonds is 11. The second-order valence-electron chi connectivity index (χ2n) is 6.93. The maximum absolute atomic E-state index is 11.9. The molecule has 0 saturated carbocycles. The third kappa shape index (κ3) is 7.29. The van der Waals surface area contributed by atoms with E-state index in [0.29, 0.717) is 24.8 Å². The van der Waals surface area contributed by atoms with Crippen LogP contribution in [0.1, 0.15) is 18.9 Å². The van der Waals surface area contributed by atoms with E-state index >= 15 is 0 Å². The van der Waals surface area contributed by atoms with Gasteiger partial charge in [-0.2, -0.15) is 0 Å². The van der Waals surface area contributed by atoms with Crippen LogP contribution in [0.4, 0.5) is 0 Å². The lowest BCUT2D eigenvalue weighted by Gasteiger charge is -2.09. The van der Waals surface area contributed by atoms with Gasteiger partial charge in [0.2, 0.25) is 5.88 Å². The van der Waals surface area contributed by atoms with Crippen LogP contribution in [-0.4, -0.2) is 42.5 Å². The monoisotopic (exact) mass is 421 g/mol. The van der Waals surface area contributed by atoms with Crippen LogP contribution in [0, 0.1) is 6.92 Å². The highest BCUT2D eigenvalue weighted by atomic mass is 16.5. The Hall–Kier alpha value is -3.61. The van der Waals surface area contributed by atoms with Gasteiger partial charge in [-0.1, -0.05) is 36.8 Å². The lowest BCUT2D eigenvalue weighted by atomic mass is 10.1. The van der Waals surface area contributed by atoms with E-state index in [-0.39, 0.29) is 19.1 Å². The van der Waals surface area contributed by atoms with E-state index in [0.717, 1.165) is 23.4 Å². The van der Waals surface area contributed by atoms with Crippen LogP contribution < -0.4 is 19.5 Å². The van der Waals surface area contributed by atoms with E-state index in [9.17, 15) is 4.79 Å². The molecule has 0 atom stereocenters. The number of nitrogens with zero attached hydrogens (tertiary/aromatic N) is 2. The molecule has 0 aliphatic carbocycles. The quantitative estimate of drug-likeness (QED) is 0.474. The number of carbonyl (C=O) groups is 1. The van der Waals surface area contributed by atoms with Crippen LogP contribution in [-0.2, 0) is 4.79 Å².